The molecule has 0 aliphatic heterocycles. The first-order valence-electron chi connectivity index (χ1n) is 18.8. The quantitative estimate of drug-likeness (QED) is 0.172. The Labute approximate surface area is 323 Å². The summed E-state index contributed by atoms with van der Waals surface area (Å²) in [5.74, 6) is 0.676. The van der Waals surface area contributed by atoms with Crippen molar-refractivity contribution in [2.75, 3.05) is 0 Å². The van der Waals surface area contributed by atoms with Gasteiger partial charge in [0.1, 0.15) is 22.3 Å². The molecule has 3 heterocycles. The van der Waals surface area contributed by atoms with E-state index in [2.05, 4.69) is 146 Å². The van der Waals surface area contributed by atoms with Crippen LogP contribution < -0.4 is 0 Å². The van der Waals surface area contributed by atoms with Crippen LogP contribution in [-0.4, -0.2) is 9.97 Å². The monoisotopic (exact) mass is 716 g/mol. The van der Waals surface area contributed by atoms with E-state index in [1.807, 2.05) is 48.5 Å². The van der Waals surface area contributed by atoms with Crippen molar-refractivity contribution in [3.8, 4) is 67.3 Å². The number of benzene rings is 8. The van der Waals surface area contributed by atoms with Gasteiger partial charge in [0, 0.05) is 38.2 Å². The van der Waals surface area contributed by atoms with Crippen molar-refractivity contribution in [2.45, 2.75) is 0 Å². The van der Waals surface area contributed by atoms with E-state index < -0.39 is 0 Å². The van der Waals surface area contributed by atoms with Crippen LogP contribution in [-0.2, 0) is 0 Å². The number of hydrogen-bond acceptors (Lipinski definition) is 4. The summed E-state index contributed by atoms with van der Waals surface area (Å²) in [5.41, 5.74) is 14.9. The summed E-state index contributed by atoms with van der Waals surface area (Å²) in [6.07, 6.45) is 0. The number of rotatable bonds is 6. The summed E-state index contributed by atoms with van der Waals surface area (Å²) >= 11 is 0. The molecule has 11 aromatic rings. The molecule has 0 unspecified atom stereocenters. The lowest BCUT2D eigenvalue weighted by Gasteiger charge is -2.14. The van der Waals surface area contributed by atoms with Gasteiger partial charge in [-0.3, -0.25) is 0 Å². The summed E-state index contributed by atoms with van der Waals surface area (Å²) in [4.78, 5) is 10.4. The van der Waals surface area contributed by atoms with E-state index in [1.54, 1.807) is 0 Å². The maximum absolute atomic E-state index is 6.21. The molecule has 3 aromatic heterocycles. The Hall–Kier alpha value is -7.56. The molecule has 0 spiro atoms. The molecule has 56 heavy (non-hydrogen) atoms. The second kappa shape index (κ2) is 13.1. The number of fused-ring (bicyclic) bond motifs is 6. The molecular formula is C52H32N2O2. The molecule has 4 heteroatoms. The van der Waals surface area contributed by atoms with Gasteiger partial charge in [0.2, 0.25) is 0 Å². The first kappa shape index (κ1) is 31.9. The highest BCUT2D eigenvalue weighted by molar-refractivity contribution is 6.07. The van der Waals surface area contributed by atoms with Crippen LogP contribution in [0.2, 0.25) is 0 Å². The van der Waals surface area contributed by atoms with Gasteiger partial charge in [0.25, 0.3) is 0 Å². The third-order valence-electron chi connectivity index (χ3n) is 10.7. The van der Waals surface area contributed by atoms with E-state index in [-0.39, 0.29) is 0 Å². The van der Waals surface area contributed by atoms with E-state index in [1.165, 1.54) is 5.56 Å². The molecule has 4 nitrogen and oxygen atoms in total. The van der Waals surface area contributed by atoms with Crippen molar-refractivity contribution in [3.63, 3.8) is 0 Å². The summed E-state index contributed by atoms with van der Waals surface area (Å²) in [5, 5.41) is 4.38. The molecule has 0 amide bonds. The molecule has 0 N–H and O–H groups in total. The second-order valence-corrected chi connectivity index (χ2v) is 14.2. The molecule has 0 saturated heterocycles. The highest BCUT2D eigenvalue weighted by atomic mass is 16.3. The Morgan fingerprint density at radius 3 is 1.23 bits per heavy atom. The molecule has 11 rings (SSSR count). The number of aromatic nitrogens is 2. The third kappa shape index (κ3) is 5.64. The predicted molar refractivity (Wildman–Crippen MR) is 229 cm³/mol. The minimum absolute atomic E-state index is 0.676. The molecule has 0 aliphatic rings. The average molecular weight is 717 g/mol. The smallest absolute Gasteiger partial charge is 0.160 e. The minimum atomic E-state index is 0.676. The van der Waals surface area contributed by atoms with Crippen molar-refractivity contribution in [3.05, 3.63) is 194 Å². The normalized spacial score (nSPS) is 11.6. The fourth-order valence-electron chi connectivity index (χ4n) is 7.84. The van der Waals surface area contributed by atoms with Gasteiger partial charge < -0.3 is 8.83 Å². The van der Waals surface area contributed by atoms with Crippen molar-refractivity contribution in [1.29, 1.82) is 0 Å². The van der Waals surface area contributed by atoms with Crippen LogP contribution in [0.4, 0.5) is 0 Å². The summed E-state index contributed by atoms with van der Waals surface area (Å²) in [6, 6.07) is 67.6. The van der Waals surface area contributed by atoms with Gasteiger partial charge in [-0.25, -0.2) is 9.97 Å². The van der Waals surface area contributed by atoms with E-state index in [4.69, 9.17) is 18.8 Å². The van der Waals surface area contributed by atoms with E-state index in [0.29, 0.717) is 5.82 Å². The highest BCUT2D eigenvalue weighted by Gasteiger charge is 2.16. The van der Waals surface area contributed by atoms with Crippen LogP contribution in [0.5, 0.6) is 0 Å². The topological polar surface area (TPSA) is 52.1 Å². The molecule has 0 saturated carbocycles. The van der Waals surface area contributed by atoms with Gasteiger partial charge >= 0.3 is 0 Å². The zero-order chi connectivity index (χ0) is 37.0. The number of hydrogen-bond donors (Lipinski definition) is 0. The van der Waals surface area contributed by atoms with Crippen LogP contribution in [0, 0.1) is 0 Å². The largest absolute Gasteiger partial charge is 0.456 e. The summed E-state index contributed by atoms with van der Waals surface area (Å²) in [6.45, 7) is 0. The van der Waals surface area contributed by atoms with E-state index >= 15 is 0 Å². The molecule has 0 aliphatic carbocycles. The maximum Gasteiger partial charge on any atom is 0.160 e. The fraction of sp³-hybridized carbons (Fsp3) is 0. The predicted octanol–water partition coefficient (Wildman–Crippen LogP) is 14.3. The molecule has 262 valence electrons. The Morgan fingerprint density at radius 1 is 0.250 bits per heavy atom. The molecule has 8 aromatic carbocycles. The average Bonchev–Trinajstić information content (AvgIpc) is 3.84. The van der Waals surface area contributed by atoms with Gasteiger partial charge in [-0.15, -0.1) is 0 Å². The minimum Gasteiger partial charge on any atom is -0.456 e. The Morgan fingerprint density at radius 2 is 0.661 bits per heavy atom. The molecule has 0 atom stereocenters. The summed E-state index contributed by atoms with van der Waals surface area (Å²) < 4.78 is 12.4. The van der Waals surface area contributed by atoms with Crippen molar-refractivity contribution >= 4 is 43.9 Å². The Kier molecular flexibility index (Phi) is 7.46. The van der Waals surface area contributed by atoms with Crippen LogP contribution in [0.15, 0.2) is 203 Å². The molecule has 0 radical (unpaired) electrons. The first-order valence-corrected chi connectivity index (χ1v) is 18.8. The fourth-order valence-corrected chi connectivity index (χ4v) is 7.84. The van der Waals surface area contributed by atoms with E-state index in [0.717, 1.165) is 99.8 Å². The van der Waals surface area contributed by atoms with Gasteiger partial charge in [0.05, 0.1) is 11.4 Å². The summed E-state index contributed by atoms with van der Waals surface area (Å²) in [7, 11) is 0. The Balaban J connectivity index is 1.11. The second-order valence-electron chi connectivity index (χ2n) is 14.2. The van der Waals surface area contributed by atoms with Crippen LogP contribution in [0.1, 0.15) is 0 Å². The van der Waals surface area contributed by atoms with Crippen molar-refractivity contribution in [2.24, 2.45) is 0 Å². The first-order chi connectivity index (χ1) is 27.7. The van der Waals surface area contributed by atoms with E-state index in [9.17, 15) is 0 Å². The number of para-hydroxylation sites is 2. The van der Waals surface area contributed by atoms with Gasteiger partial charge in [-0.1, -0.05) is 133 Å². The third-order valence-corrected chi connectivity index (χ3v) is 10.7. The van der Waals surface area contributed by atoms with Gasteiger partial charge in [-0.2, -0.15) is 0 Å². The lowest BCUT2D eigenvalue weighted by Crippen LogP contribution is -1.96. The highest BCUT2D eigenvalue weighted by Crippen LogP contribution is 2.39. The Bertz CT molecular complexity index is 3100. The molecule has 0 bridgehead atoms. The maximum atomic E-state index is 6.21. The van der Waals surface area contributed by atoms with Crippen LogP contribution in [0.3, 0.4) is 0 Å². The number of nitrogens with zero attached hydrogens (tertiary/aromatic N) is 2. The zero-order valence-electron chi connectivity index (χ0n) is 30.2. The van der Waals surface area contributed by atoms with Crippen molar-refractivity contribution < 1.29 is 8.83 Å². The van der Waals surface area contributed by atoms with Crippen molar-refractivity contribution in [1.82, 2.24) is 9.97 Å². The van der Waals surface area contributed by atoms with Crippen LogP contribution in [0.25, 0.3) is 111 Å². The lowest BCUT2D eigenvalue weighted by atomic mass is 9.93. The zero-order valence-corrected chi connectivity index (χ0v) is 30.2. The van der Waals surface area contributed by atoms with Gasteiger partial charge in [0.15, 0.2) is 5.82 Å². The number of furan rings is 2. The molecular weight excluding hydrogens is 685 g/mol. The standard InChI is InChI=1S/C52H32N2O2/c1-3-11-33(12-4-1)34-19-21-35(22-20-34)46-32-47(54-52(53-46)36-13-5-2-6-14-36)41-28-39(37-23-25-50-44(30-37)42-15-7-9-17-48(42)55-50)27-40(29-41)38-24-26-51-45(31-38)43-16-8-10-18-49(43)56-51/h1-32H. The SMILES string of the molecule is c1ccc(-c2ccc(-c3cc(-c4cc(-c5ccc6oc7ccccc7c6c5)cc(-c5ccc6oc7ccccc7c6c5)c4)nc(-c4ccccc4)n3)cc2)cc1. The van der Waals surface area contributed by atoms with Gasteiger partial charge in [-0.05, 0) is 94.0 Å². The van der Waals surface area contributed by atoms with Crippen LogP contribution >= 0.6 is 0 Å². The molecule has 0 fully saturated rings. The lowest BCUT2D eigenvalue weighted by molar-refractivity contribution is 0.668.